The van der Waals surface area contributed by atoms with Gasteiger partial charge < -0.3 is 9.73 Å². The molecule has 0 unspecified atom stereocenters. The third-order valence-corrected chi connectivity index (χ3v) is 3.91. The Morgan fingerprint density at radius 2 is 1.87 bits per heavy atom. The number of fused-ring (bicyclic) bond motifs is 1. The van der Waals surface area contributed by atoms with Crippen LogP contribution in [-0.2, 0) is 4.79 Å². The zero-order valence-corrected chi connectivity index (χ0v) is 13.8. The summed E-state index contributed by atoms with van der Waals surface area (Å²) >= 11 is 0. The molecule has 3 aromatic rings. The van der Waals surface area contributed by atoms with Crippen LogP contribution in [-0.4, -0.2) is 10.9 Å². The molecule has 4 heteroatoms. The average molecular weight is 308 g/mol. The second kappa shape index (κ2) is 5.88. The number of anilines is 1. The molecule has 1 heterocycles. The molecule has 0 atom stereocenters. The lowest BCUT2D eigenvalue weighted by Crippen LogP contribution is -2.17. The number of nitrogens with one attached hydrogen (secondary N) is 1. The van der Waals surface area contributed by atoms with Crippen LogP contribution in [0.5, 0.6) is 0 Å². The Morgan fingerprint density at radius 3 is 2.61 bits per heavy atom. The van der Waals surface area contributed by atoms with Crippen LogP contribution in [0.15, 0.2) is 40.8 Å². The third kappa shape index (κ3) is 3.11. The summed E-state index contributed by atoms with van der Waals surface area (Å²) in [5.74, 6) is 0.491. The molecular weight excluding hydrogens is 288 g/mol. The first-order valence-corrected chi connectivity index (χ1v) is 7.73. The van der Waals surface area contributed by atoms with Crippen LogP contribution in [0, 0.1) is 19.8 Å². The molecule has 0 saturated heterocycles. The van der Waals surface area contributed by atoms with Crippen molar-refractivity contribution < 1.29 is 9.21 Å². The molecule has 1 amide bonds. The summed E-state index contributed by atoms with van der Waals surface area (Å²) in [5.41, 5.74) is 5.58. The van der Waals surface area contributed by atoms with Gasteiger partial charge in [0.2, 0.25) is 11.8 Å². The summed E-state index contributed by atoms with van der Waals surface area (Å²) < 4.78 is 5.87. The van der Waals surface area contributed by atoms with Crippen molar-refractivity contribution in [2.24, 2.45) is 5.92 Å². The number of hydrogen-bond donors (Lipinski definition) is 1. The molecule has 2 aromatic carbocycles. The van der Waals surface area contributed by atoms with Crippen molar-refractivity contribution in [2.45, 2.75) is 27.7 Å². The minimum Gasteiger partial charge on any atom is -0.436 e. The largest absolute Gasteiger partial charge is 0.436 e. The summed E-state index contributed by atoms with van der Waals surface area (Å²) in [4.78, 5) is 16.4. The van der Waals surface area contributed by atoms with E-state index < -0.39 is 0 Å². The number of rotatable bonds is 3. The number of oxazole rings is 1. The Labute approximate surface area is 135 Å². The lowest BCUT2D eigenvalue weighted by atomic mass is 10.1. The molecule has 4 nitrogen and oxygen atoms in total. The second-order valence-electron chi connectivity index (χ2n) is 6.15. The number of aryl methyl sites for hydroxylation is 2. The standard InChI is InChI=1S/C19H20N2O2/c1-11(2)18(22)20-15-7-5-6-14(10-15)19-21-16-8-12(3)13(4)9-17(16)23-19/h5-11H,1-4H3,(H,20,22). The maximum absolute atomic E-state index is 11.8. The fourth-order valence-corrected chi connectivity index (χ4v) is 2.32. The van der Waals surface area contributed by atoms with Gasteiger partial charge in [-0.1, -0.05) is 19.9 Å². The first kappa shape index (κ1) is 15.3. The molecule has 0 saturated carbocycles. The molecule has 0 fully saturated rings. The van der Waals surface area contributed by atoms with Gasteiger partial charge in [0.15, 0.2) is 5.58 Å². The Balaban J connectivity index is 1.97. The number of benzene rings is 2. The minimum absolute atomic E-state index is 0.00837. The quantitative estimate of drug-likeness (QED) is 0.762. The summed E-state index contributed by atoms with van der Waals surface area (Å²) in [5, 5.41) is 2.90. The Morgan fingerprint density at radius 1 is 1.13 bits per heavy atom. The van der Waals surface area contributed by atoms with Gasteiger partial charge in [0.05, 0.1) is 0 Å². The maximum Gasteiger partial charge on any atom is 0.227 e. The first-order chi connectivity index (χ1) is 10.9. The van der Waals surface area contributed by atoms with Gasteiger partial charge in [0.25, 0.3) is 0 Å². The Bertz CT molecular complexity index is 839. The molecule has 1 aromatic heterocycles. The normalized spacial score (nSPS) is 11.2. The summed E-state index contributed by atoms with van der Waals surface area (Å²) in [6, 6.07) is 11.6. The SMILES string of the molecule is Cc1cc2nc(-c3cccc(NC(=O)C(C)C)c3)oc2cc1C. The lowest BCUT2D eigenvalue weighted by molar-refractivity contribution is -0.118. The zero-order chi connectivity index (χ0) is 16.6. The highest BCUT2D eigenvalue weighted by molar-refractivity contribution is 5.92. The Kier molecular flexibility index (Phi) is 3.90. The number of carbonyl (C=O) groups is 1. The molecule has 118 valence electrons. The predicted octanol–water partition coefficient (Wildman–Crippen LogP) is 4.71. The topological polar surface area (TPSA) is 55.1 Å². The van der Waals surface area contributed by atoms with E-state index >= 15 is 0 Å². The molecule has 1 N–H and O–H groups in total. The van der Waals surface area contributed by atoms with Gasteiger partial charge in [-0.15, -0.1) is 0 Å². The van der Waals surface area contributed by atoms with Crippen molar-refractivity contribution in [1.29, 1.82) is 0 Å². The molecule has 0 aliphatic carbocycles. The summed E-state index contributed by atoms with van der Waals surface area (Å²) in [7, 11) is 0. The van der Waals surface area contributed by atoms with Crippen LogP contribution < -0.4 is 5.32 Å². The van der Waals surface area contributed by atoms with Crippen molar-refractivity contribution in [3.8, 4) is 11.5 Å². The van der Waals surface area contributed by atoms with Crippen molar-refractivity contribution >= 4 is 22.7 Å². The third-order valence-electron chi connectivity index (χ3n) is 3.91. The van der Waals surface area contributed by atoms with E-state index in [0.717, 1.165) is 22.4 Å². The van der Waals surface area contributed by atoms with E-state index in [4.69, 9.17) is 4.42 Å². The summed E-state index contributed by atoms with van der Waals surface area (Å²) in [6.07, 6.45) is 0. The highest BCUT2D eigenvalue weighted by Gasteiger charge is 2.12. The van der Waals surface area contributed by atoms with Crippen molar-refractivity contribution in [3.05, 3.63) is 47.5 Å². The van der Waals surface area contributed by atoms with E-state index in [1.807, 2.05) is 50.2 Å². The van der Waals surface area contributed by atoms with Gasteiger partial charge in [-0.25, -0.2) is 4.98 Å². The molecule has 23 heavy (non-hydrogen) atoms. The van der Waals surface area contributed by atoms with Crippen LogP contribution in [0.2, 0.25) is 0 Å². The van der Waals surface area contributed by atoms with Gasteiger partial charge in [0.1, 0.15) is 5.52 Å². The Hall–Kier alpha value is -2.62. The maximum atomic E-state index is 11.8. The molecule has 0 aliphatic heterocycles. The van der Waals surface area contributed by atoms with Gasteiger partial charge in [-0.05, 0) is 55.3 Å². The van der Waals surface area contributed by atoms with Crippen LogP contribution in [0.4, 0.5) is 5.69 Å². The fourth-order valence-electron chi connectivity index (χ4n) is 2.32. The van der Waals surface area contributed by atoms with Gasteiger partial charge in [0, 0.05) is 17.2 Å². The monoisotopic (exact) mass is 308 g/mol. The second-order valence-corrected chi connectivity index (χ2v) is 6.15. The van der Waals surface area contributed by atoms with Crippen molar-refractivity contribution in [1.82, 2.24) is 4.98 Å². The van der Waals surface area contributed by atoms with Crippen molar-refractivity contribution in [3.63, 3.8) is 0 Å². The van der Waals surface area contributed by atoms with E-state index in [-0.39, 0.29) is 11.8 Å². The molecule has 0 radical (unpaired) electrons. The van der Waals surface area contributed by atoms with E-state index in [2.05, 4.69) is 24.1 Å². The van der Waals surface area contributed by atoms with Crippen molar-refractivity contribution in [2.75, 3.05) is 5.32 Å². The summed E-state index contributed by atoms with van der Waals surface area (Å²) in [6.45, 7) is 7.85. The number of nitrogens with zero attached hydrogens (tertiary/aromatic N) is 1. The average Bonchev–Trinajstić information content (AvgIpc) is 2.90. The number of amides is 1. The molecule has 0 spiro atoms. The molecule has 3 rings (SSSR count). The van der Waals surface area contributed by atoms with E-state index in [1.54, 1.807) is 0 Å². The van der Waals surface area contributed by atoms with E-state index in [9.17, 15) is 4.79 Å². The van der Waals surface area contributed by atoms with Gasteiger partial charge in [-0.2, -0.15) is 0 Å². The predicted molar refractivity (Wildman–Crippen MR) is 92.4 cm³/mol. The van der Waals surface area contributed by atoms with Gasteiger partial charge >= 0.3 is 0 Å². The smallest absolute Gasteiger partial charge is 0.227 e. The lowest BCUT2D eigenvalue weighted by Gasteiger charge is -2.08. The van der Waals surface area contributed by atoms with E-state index in [0.29, 0.717) is 5.89 Å². The highest BCUT2D eigenvalue weighted by atomic mass is 16.3. The molecule has 0 aliphatic rings. The number of aromatic nitrogens is 1. The van der Waals surface area contributed by atoms with Crippen LogP contribution in [0.25, 0.3) is 22.6 Å². The number of carbonyl (C=O) groups excluding carboxylic acids is 1. The van der Waals surface area contributed by atoms with Crippen LogP contribution in [0.3, 0.4) is 0 Å². The van der Waals surface area contributed by atoms with Gasteiger partial charge in [-0.3, -0.25) is 4.79 Å². The highest BCUT2D eigenvalue weighted by Crippen LogP contribution is 2.27. The van der Waals surface area contributed by atoms with Crippen LogP contribution >= 0.6 is 0 Å². The fraction of sp³-hybridized carbons (Fsp3) is 0.263. The molecule has 0 bridgehead atoms. The molecular formula is C19H20N2O2. The zero-order valence-electron chi connectivity index (χ0n) is 13.8. The van der Waals surface area contributed by atoms with Crippen LogP contribution in [0.1, 0.15) is 25.0 Å². The minimum atomic E-state index is -0.0612. The number of hydrogen-bond acceptors (Lipinski definition) is 3. The van der Waals surface area contributed by atoms with E-state index in [1.165, 1.54) is 11.1 Å². The first-order valence-electron chi connectivity index (χ1n) is 7.73.